The zero-order chi connectivity index (χ0) is 14.3. The number of nitrogens with zero attached hydrogens (tertiary/aromatic N) is 2. The van der Waals surface area contributed by atoms with Crippen LogP contribution in [0, 0.1) is 5.92 Å². The Bertz CT molecular complexity index is 527. The molecule has 0 atom stereocenters. The highest BCUT2D eigenvalue weighted by molar-refractivity contribution is 5.40. The fourth-order valence-electron chi connectivity index (χ4n) is 3.30. The standard InChI is InChI=1S/C18H25N3/c1-2-7-16(8-3-1)11-13-19-15-17-9-4-5-10-18(17)21-14-6-12-20-21/h4-6,9-10,12,14,16,19H,1-3,7-8,11,13,15H2. The first kappa shape index (κ1) is 14.3. The number of benzene rings is 1. The lowest BCUT2D eigenvalue weighted by molar-refractivity contribution is 0.334. The fraction of sp³-hybridized carbons (Fsp3) is 0.500. The van der Waals surface area contributed by atoms with Gasteiger partial charge in [0.1, 0.15) is 0 Å². The highest BCUT2D eigenvalue weighted by Gasteiger charge is 2.12. The first-order chi connectivity index (χ1) is 10.4. The van der Waals surface area contributed by atoms with E-state index in [0.717, 1.165) is 19.0 Å². The summed E-state index contributed by atoms with van der Waals surface area (Å²) in [6, 6.07) is 10.5. The van der Waals surface area contributed by atoms with Crippen LogP contribution in [-0.4, -0.2) is 16.3 Å². The monoisotopic (exact) mass is 283 g/mol. The predicted molar refractivity (Wildman–Crippen MR) is 86.5 cm³/mol. The second kappa shape index (κ2) is 7.41. The summed E-state index contributed by atoms with van der Waals surface area (Å²) in [6.07, 6.45) is 12.3. The number of rotatable bonds is 6. The van der Waals surface area contributed by atoms with Gasteiger partial charge in [-0.05, 0) is 36.6 Å². The maximum absolute atomic E-state index is 4.34. The van der Waals surface area contributed by atoms with E-state index in [1.807, 2.05) is 23.1 Å². The summed E-state index contributed by atoms with van der Waals surface area (Å²) in [7, 11) is 0. The molecule has 21 heavy (non-hydrogen) atoms. The van der Waals surface area contributed by atoms with Crippen LogP contribution in [0.15, 0.2) is 42.7 Å². The van der Waals surface area contributed by atoms with E-state index in [4.69, 9.17) is 0 Å². The molecule has 0 unspecified atom stereocenters. The van der Waals surface area contributed by atoms with Crippen molar-refractivity contribution in [1.82, 2.24) is 15.1 Å². The van der Waals surface area contributed by atoms with Crippen LogP contribution in [0.2, 0.25) is 0 Å². The second-order valence-electron chi connectivity index (χ2n) is 6.05. The van der Waals surface area contributed by atoms with Gasteiger partial charge in [0.25, 0.3) is 0 Å². The normalized spacial score (nSPS) is 16.2. The van der Waals surface area contributed by atoms with E-state index in [2.05, 4.69) is 34.7 Å². The molecule has 0 radical (unpaired) electrons. The smallest absolute Gasteiger partial charge is 0.0690 e. The molecule has 0 bridgehead atoms. The van der Waals surface area contributed by atoms with Gasteiger partial charge in [-0.15, -0.1) is 0 Å². The molecule has 1 N–H and O–H groups in total. The Kier molecular flexibility index (Phi) is 5.06. The summed E-state index contributed by atoms with van der Waals surface area (Å²) in [5.41, 5.74) is 2.48. The number of nitrogens with one attached hydrogen (secondary N) is 1. The van der Waals surface area contributed by atoms with Gasteiger partial charge >= 0.3 is 0 Å². The first-order valence-corrected chi connectivity index (χ1v) is 8.22. The maximum atomic E-state index is 4.34. The Hall–Kier alpha value is -1.61. The van der Waals surface area contributed by atoms with Crippen molar-refractivity contribution in [3.63, 3.8) is 0 Å². The average Bonchev–Trinajstić information content (AvgIpc) is 3.07. The lowest BCUT2D eigenvalue weighted by atomic mass is 9.87. The molecule has 0 spiro atoms. The largest absolute Gasteiger partial charge is 0.313 e. The Morgan fingerprint density at radius 1 is 1.10 bits per heavy atom. The van der Waals surface area contributed by atoms with Crippen LogP contribution in [-0.2, 0) is 6.54 Å². The number of hydrogen-bond donors (Lipinski definition) is 1. The van der Waals surface area contributed by atoms with Gasteiger partial charge in [0.2, 0.25) is 0 Å². The van der Waals surface area contributed by atoms with Crippen LogP contribution in [0.5, 0.6) is 0 Å². The summed E-state index contributed by atoms with van der Waals surface area (Å²) < 4.78 is 1.94. The number of para-hydroxylation sites is 1. The molecule has 112 valence electrons. The molecule has 1 aliphatic carbocycles. The molecule has 1 saturated carbocycles. The van der Waals surface area contributed by atoms with Crippen molar-refractivity contribution in [3.05, 3.63) is 48.3 Å². The van der Waals surface area contributed by atoms with E-state index in [-0.39, 0.29) is 0 Å². The molecule has 1 aromatic carbocycles. The molecule has 3 heteroatoms. The van der Waals surface area contributed by atoms with E-state index < -0.39 is 0 Å². The Morgan fingerprint density at radius 2 is 1.95 bits per heavy atom. The molecular formula is C18H25N3. The van der Waals surface area contributed by atoms with Gasteiger partial charge in [-0.25, -0.2) is 4.68 Å². The van der Waals surface area contributed by atoms with Gasteiger partial charge < -0.3 is 5.32 Å². The lowest BCUT2D eigenvalue weighted by Crippen LogP contribution is -2.20. The fourth-order valence-corrected chi connectivity index (χ4v) is 3.30. The zero-order valence-corrected chi connectivity index (χ0v) is 12.7. The molecule has 1 fully saturated rings. The molecular weight excluding hydrogens is 258 g/mol. The van der Waals surface area contributed by atoms with E-state index in [0.29, 0.717) is 0 Å². The molecule has 0 aliphatic heterocycles. The summed E-state index contributed by atoms with van der Waals surface area (Å²) in [5, 5.41) is 7.95. The van der Waals surface area contributed by atoms with Crippen molar-refractivity contribution in [2.75, 3.05) is 6.54 Å². The quantitative estimate of drug-likeness (QED) is 0.814. The van der Waals surface area contributed by atoms with Crippen molar-refractivity contribution in [1.29, 1.82) is 0 Å². The van der Waals surface area contributed by atoms with Gasteiger partial charge in [-0.1, -0.05) is 50.3 Å². The predicted octanol–water partition coefficient (Wildman–Crippen LogP) is 3.93. The molecule has 2 aromatic rings. The van der Waals surface area contributed by atoms with E-state index in [9.17, 15) is 0 Å². The van der Waals surface area contributed by atoms with Crippen LogP contribution in [0.1, 0.15) is 44.1 Å². The minimum absolute atomic E-state index is 0.919. The minimum Gasteiger partial charge on any atom is -0.313 e. The second-order valence-corrected chi connectivity index (χ2v) is 6.05. The van der Waals surface area contributed by atoms with Crippen molar-refractivity contribution in [2.45, 2.75) is 45.1 Å². The van der Waals surface area contributed by atoms with Gasteiger partial charge in [-0.3, -0.25) is 0 Å². The van der Waals surface area contributed by atoms with Gasteiger partial charge in [0, 0.05) is 18.9 Å². The van der Waals surface area contributed by atoms with Crippen molar-refractivity contribution < 1.29 is 0 Å². The van der Waals surface area contributed by atoms with Gasteiger partial charge in [0.15, 0.2) is 0 Å². The zero-order valence-electron chi connectivity index (χ0n) is 12.7. The van der Waals surface area contributed by atoms with Crippen molar-refractivity contribution in [3.8, 4) is 5.69 Å². The van der Waals surface area contributed by atoms with Crippen LogP contribution in [0.4, 0.5) is 0 Å². The SMILES string of the molecule is c1ccc(-n2cccn2)c(CNCCC2CCCCC2)c1. The van der Waals surface area contributed by atoms with Crippen LogP contribution >= 0.6 is 0 Å². The molecule has 3 nitrogen and oxygen atoms in total. The Balaban J connectivity index is 1.51. The third-order valence-electron chi connectivity index (χ3n) is 4.51. The summed E-state index contributed by atoms with van der Waals surface area (Å²) in [5.74, 6) is 0.951. The highest BCUT2D eigenvalue weighted by atomic mass is 15.3. The molecule has 0 saturated heterocycles. The van der Waals surface area contributed by atoms with E-state index in [1.165, 1.54) is 49.8 Å². The Labute approximate surface area is 127 Å². The molecule has 1 aromatic heterocycles. The molecule has 1 aliphatic rings. The summed E-state index contributed by atoms with van der Waals surface area (Å²) >= 11 is 0. The van der Waals surface area contributed by atoms with E-state index >= 15 is 0 Å². The van der Waals surface area contributed by atoms with Crippen LogP contribution in [0.25, 0.3) is 5.69 Å². The van der Waals surface area contributed by atoms with Gasteiger partial charge in [-0.2, -0.15) is 5.10 Å². The number of hydrogen-bond acceptors (Lipinski definition) is 2. The van der Waals surface area contributed by atoms with E-state index in [1.54, 1.807) is 0 Å². The van der Waals surface area contributed by atoms with Crippen LogP contribution in [0.3, 0.4) is 0 Å². The lowest BCUT2D eigenvalue weighted by Gasteiger charge is -2.21. The maximum Gasteiger partial charge on any atom is 0.0690 e. The molecule has 3 rings (SSSR count). The third kappa shape index (κ3) is 3.94. The van der Waals surface area contributed by atoms with Crippen molar-refractivity contribution in [2.24, 2.45) is 5.92 Å². The topological polar surface area (TPSA) is 29.9 Å². The minimum atomic E-state index is 0.919. The highest BCUT2D eigenvalue weighted by Crippen LogP contribution is 2.25. The number of aromatic nitrogens is 2. The van der Waals surface area contributed by atoms with Crippen molar-refractivity contribution >= 4 is 0 Å². The summed E-state index contributed by atoms with van der Waals surface area (Å²) in [6.45, 7) is 2.04. The third-order valence-corrected chi connectivity index (χ3v) is 4.51. The first-order valence-electron chi connectivity index (χ1n) is 8.22. The van der Waals surface area contributed by atoms with Gasteiger partial charge in [0.05, 0.1) is 5.69 Å². The average molecular weight is 283 g/mol. The summed E-state index contributed by atoms with van der Waals surface area (Å²) in [4.78, 5) is 0. The Morgan fingerprint density at radius 3 is 2.76 bits per heavy atom. The molecule has 0 amide bonds. The molecule has 1 heterocycles. The van der Waals surface area contributed by atoms with Crippen LogP contribution < -0.4 is 5.32 Å².